The molecule has 0 spiro atoms. The van der Waals surface area contributed by atoms with Gasteiger partial charge in [-0.2, -0.15) is 0 Å². The van der Waals surface area contributed by atoms with Crippen LogP contribution >= 0.6 is 12.4 Å². The number of aromatic carboxylic acids is 1. The van der Waals surface area contributed by atoms with Gasteiger partial charge in [0.05, 0.1) is 6.10 Å². The molecular weight excluding hydrogens is 276 g/mol. The summed E-state index contributed by atoms with van der Waals surface area (Å²) < 4.78 is 5.59. The molecule has 0 aliphatic heterocycles. The number of ether oxygens (including phenoxy) is 1. The van der Waals surface area contributed by atoms with E-state index in [1.807, 2.05) is 44.2 Å². The second-order valence-electron chi connectivity index (χ2n) is 4.55. The third kappa shape index (κ3) is 3.75. The summed E-state index contributed by atoms with van der Waals surface area (Å²) in [5.41, 5.74) is 2.17. The van der Waals surface area contributed by atoms with Crippen LogP contribution in [0, 0.1) is 0 Å². The molecule has 0 saturated carbocycles. The first-order valence-corrected chi connectivity index (χ1v) is 6.17. The highest BCUT2D eigenvalue weighted by Crippen LogP contribution is 2.28. The maximum atomic E-state index is 11.2. The van der Waals surface area contributed by atoms with Gasteiger partial charge in [-0.3, -0.25) is 0 Å². The van der Waals surface area contributed by atoms with Crippen molar-refractivity contribution in [1.82, 2.24) is 0 Å². The van der Waals surface area contributed by atoms with Gasteiger partial charge in [0.2, 0.25) is 0 Å². The zero-order valence-electron chi connectivity index (χ0n) is 11.4. The lowest BCUT2D eigenvalue weighted by atomic mass is 10.0. The Morgan fingerprint density at radius 2 is 1.70 bits per heavy atom. The van der Waals surface area contributed by atoms with E-state index in [1.165, 1.54) is 0 Å². The van der Waals surface area contributed by atoms with Crippen molar-refractivity contribution < 1.29 is 14.6 Å². The van der Waals surface area contributed by atoms with Crippen molar-refractivity contribution in [1.29, 1.82) is 0 Å². The number of hydrogen-bond acceptors (Lipinski definition) is 2. The molecule has 0 saturated heterocycles. The number of carboxylic acid groups (broad SMARTS) is 1. The van der Waals surface area contributed by atoms with Gasteiger partial charge in [0.25, 0.3) is 0 Å². The molecule has 106 valence electrons. The maximum Gasteiger partial charge on any atom is 0.339 e. The van der Waals surface area contributed by atoms with Gasteiger partial charge in [0.15, 0.2) is 0 Å². The molecule has 0 aromatic heterocycles. The summed E-state index contributed by atoms with van der Waals surface area (Å²) in [6.07, 6.45) is -0.0656. The zero-order chi connectivity index (χ0) is 13.8. The number of carboxylic acids is 1. The summed E-state index contributed by atoms with van der Waals surface area (Å²) in [6, 6.07) is 15.0. The zero-order valence-corrected chi connectivity index (χ0v) is 12.2. The van der Waals surface area contributed by atoms with Crippen molar-refractivity contribution in [3.63, 3.8) is 0 Å². The van der Waals surface area contributed by atoms with E-state index in [0.717, 1.165) is 11.1 Å². The third-order valence-electron chi connectivity index (χ3n) is 2.68. The van der Waals surface area contributed by atoms with Gasteiger partial charge in [0, 0.05) is 0 Å². The highest BCUT2D eigenvalue weighted by atomic mass is 35.5. The van der Waals surface area contributed by atoms with Gasteiger partial charge < -0.3 is 9.84 Å². The minimum atomic E-state index is -0.977. The van der Waals surface area contributed by atoms with Gasteiger partial charge in [-0.25, -0.2) is 4.79 Å². The van der Waals surface area contributed by atoms with Gasteiger partial charge in [0.1, 0.15) is 11.3 Å². The fourth-order valence-electron chi connectivity index (χ4n) is 1.86. The van der Waals surface area contributed by atoms with Crippen molar-refractivity contribution >= 4 is 18.4 Å². The van der Waals surface area contributed by atoms with E-state index < -0.39 is 5.97 Å². The topological polar surface area (TPSA) is 46.5 Å². The van der Waals surface area contributed by atoms with Crippen LogP contribution in [0.4, 0.5) is 0 Å². The lowest BCUT2D eigenvalue weighted by Crippen LogP contribution is -2.10. The van der Waals surface area contributed by atoms with E-state index in [-0.39, 0.29) is 24.1 Å². The van der Waals surface area contributed by atoms with Crippen LogP contribution in [0.3, 0.4) is 0 Å². The molecule has 1 N–H and O–H groups in total. The lowest BCUT2D eigenvalue weighted by Gasteiger charge is -2.13. The first-order valence-electron chi connectivity index (χ1n) is 6.17. The Labute approximate surface area is 124 Å². The Morgan fingerprint density at radius 1 is 1.05 bits per heavy atom. The van der Waals surface area contributed by atoms with Crippen LogP contribution in [-0.4, -0.2) is 17.2 Å². The molecule has 0 fully saturated rings. The second kappa shape index (κ2) is 6.96. The highest BCUT2D eigenvalue weighted by Gasteiger charge is 2.13. The van der Waals surface area contributed by atoms with Crippen LogP contribution in [0.25, 0.3) is 11.1 Å². The van der Waals surface area contributed by atoms with E-state index in [4.69, 9.17) is 9.84 Å². The number of halogens is 1. The highest BCUT2D eigenvalue weighted by molar-refractivity contribution is 5.92. The summed E-state index contributed by atoms with van der Waals surface area (Å²) in [6.45, 7) is 3.75. The molecule has 0 heterocycles. The molecule has 0 aliphatic carbocycles. The summed E-state index contributed by atoms with van der Waals surface area (Å²) in [7, 11) is 0. The van der Waals surface area contributed by atoms with E-state index in [1.54, 1.807) is 18.2 Å². The van der Waals surface area contributed by atoms with Crippen LogP contribution in [0.5, 0.6) is 5.75 Å². The Hall–Kier alpha value is -2.00. The van der Waals surface area contributed by atoms with Crippen molar-refractivity contribution in [2.75, 3.05) is 0 Å². The number of hydrogen-bond donors (Lipinski definition) is 1. The average Bonchev–Trinajstić information content (AvgIpc) is 2.38. The van der Waals surface area contributed by atoms with Gasteiger partial charge in [-0.05, 0) is 37.1 Å². The van der Waals surface area contributed by atoms with E-state index in [0.29, 0.717) is 5.75 Å². The Morgan fingerprint density at radius 3 is 2.25 bits per heavy atom. The predicted octanol–water partition coefficient (Wildman–Crippen LogP) is 4.26. The first kappa shape index (κ1) is 16.1. The number of rotatable bonds is 4. The van der Waals surface area contributed by atoms with Crippen LogP contribution in [0.1, 0.15) is 24.2 Å². The van der Waals surface area contributed by atoms with Crippen LogP contribution in [0.15, 0.2) is 48.5 Å². The fraction of sp³-hybridized carbons (Fsp3) is 0.188. The molecule has 20 heavy (non-hydrogen) atoms. The molecule has 0 radical (unpaired) electrons. The maximum absolute atomic E-state index is 11.2. The molecule has 0 atom stereocenters. The van der Waals surface area contributed by atoms with Crippen LogP contribution in [-0.2, 0) is 0 Å². The predicted molar refractivity (Wildman–Crippen MR) is 81.8 cm³/mol. The minimum Gasteiger partial charge on any atom is -0.490 e. The third-order valence-corrected chi connectivity index (χ3v) is 2.68. The molecule has 0 bridgehead atoms. The molecule has 2 aromatic carbocycles. The van der Waals surface area contributed by atoms with Crippen LogP contribution in [0.2, 0.25) is 0 Å². The average molecular weight is 293 g/mol. The van der Waals surface area contributed by atoms with Gasteiger partial charge >= 0.3 is 5.97 Å². The standard InChI is InChI=1S/C16H16O3.ClH/c1-11(2)19-15-10-13(8-9-14(15)16(17)18)12-6-4-3-5-7-12;/h3-11H,1-2H3,(H,17,18);1H. The van der Waals surface area contributed by atoms with Crippen molar-refractivity contribution in [3.8, 4) is 16.9 Å². The quantitative estimate of drug-likeness (QED) is 0.916. The van der Waals surface area contributed by atoms with Crippen molar-refractivity contribution in [3.05, 3.63) is 54.1 Å². The Balaban J connectivity index is 0.00000200. The second-order valence-corrected chi connectivity index (χ2v) is 4.55. The van der Waals surface area contributed by atoms with Crippen molar-refractivity contribution in [2.24, 2.45) is 0 Å². The van der Waals surface area contributed by atoms with Crippen LogP contribution < -0.4 is 4.74 Å². The molecular formula is C16H17ClO3. The smallest absolute Gasteiger partial charge is 0.339 e. The van der Waals surface area contributed by atoms with Crippen molar-refractivity contribution in [2.45, 2.75) is 20.0 Å². The Kier molecular flexibility index (Phi) is 5.59. The SMILES string of the molecule is CC(C)Oc1cc(-c2ccccc2)ccc1C(=O)O.Cl. The summed E-state index contributed by atoms with van der Waals surface area (Å²) in [4.78, 5) is 11.2. The molecule has 0 unspecified atom stereocenters. The monoisotopic (exact) mass is 292 g/mol. The lowest BCUT2D eigenvalue weighted by molar-refractivity contribution is 0.0690. The molecule has 3 nitrogen and oxygen atoms in total. The number of benzene rings is 2. The Bertz CT molecular complexity index is 580. The van der Waals surface area contributed by atoms with E-state index in [2.05, 4.69) is 0 Å². The van der Waals surface area contributed by atoms with Gasteiger partial charge in [-0.1, -0.05) is 36.4 Å². The normalized spacial score (nSPS) is 9.95. The number of carbonyl (C=O) groups is 1. The van der Waals surface area contributed by atoms with E-state index in [9.17, 15) is 4.79 Å². The van der Waals surface area contributed by atoms with E-state index >= 15 is 0 Å². The largest absolute Gasteiger partial charge is 0.490 e. The minimum absolute atomic E-state index is 0. The molecule has 2 rings (SSSR count). The molecule has 0 amide bonds. The molecule has 4 heteroatoms. The summed E-state index contributed by atoms with van der Waals surface area (Å²) in [5, 5.41) is 9.16. The molecule has 2 aromatic rings. The fourth-order valence-corrected chi connectivity index (χ4v) is 1.86. The summed E-state index contributed by atoms with van der Waals surface area (Å²) in [5.74, 6) is -0.570. The molecule has 0 aliphatic rings. The summed E-state index contributed by atoms with van der Waals surface area (Å²) >= 11 is 0. The first-order chi connectivity index (χ1) is 9.08. The van der Waals surface area contributed by atoms with Gasteiger partial charge in [-0.15, -0.1) is 12.4 Å².